The largest absolute Gasteiger partial charge is 0.491 e. The van der Waals surface area contributed by atoms with E-state index in [1.54, 1.807) is 11.9 Å². The molecule has 2 aromatic rings. The first-order valence-electron chi connectivity index (χ1n) is 15.4. The number of aliphatic hydroxyl groups is 2. The van der Waals surface area contributed by atoms with E-state index in [2.05, 4.69) is 24.0 Å². The predicted octanol–water partition coefficient (Wildman–Crippen LogP) is 5.84. The van der Waals surface area contributed by atoms with E-state index in [0.29, 0.717) is 24.6 Å². The molecule has 2 bridgehead atoms. The summed E-state index contributed by atoms with van der Waals surface area (Å²) >= 11 is 6.37. The van der Waals surface area contributed by atoms with Gasteiger partial charge >= 0.3 is 0 Å². The minimum Gasteiger partial charge on any atom is -0.491 e. The molecular weight excluding hydrogens is 568 g/mol. The van der Waals surface area contributed by atoms with Crippen LogP contribution in [0.4, 0.5) is 5.69 Å². The molecule has 3 aliphatic rings. The molecule has 8 nitrogen and oxygen atoms in total. The third-order valence-electron chi connectivity index (χ3n) is 8.53. The molecule has 2 heterocycles. The van der Waals surface area contributed by atoms with Crippen molar-refractivity contribution in [3.05, 3.63) is 70.3 Å². The summed E-state index contributed by atoms with van der Waals surface area (Å²) in [5.74, 6) is 1.33. The maximum Gasteiger partial charge on any atom is 0.290 e. The minimum atomic E-state index is -0.903. The number of nitrogens with zero attached hydrogens (tertiary/aromatic N) is 2. The number of fused-ring (bicyclic) bond motifs is 2. The summed E-state index contributed by atoms with van der Waals surface area (Å²) in [5, 5.41) is 29.6. The highest BCUT2D eigenvalue weighted by Crippen LogP contribution is 2.43. The van der Waals surface area contributed by atoms with Gasteiger partial charge in [0.2, 0.25) is 5.91 Å². The molecule has 43 heavy (non-hydrogen) atoms. The number of carbonyl (C=O) groups excluding carboxylic acids is 1. The van der Waals surface area contributed by atoms with Gasteiger partial charge in [-0.3, -0.25) is 9.59 Å². The van der Waals surface area contributed by atoms with Crippen LogP contribution in [0.15, 0.2) is 48.6 Å². The molecule has 9 heteroatoms. The fourth-order valence-electron chi connectivity index (χ4n) is 6.13. The molecule has 2 aromatic carbocycles. The predicted molar refractivity (Wildman–Crippen MR) is 171 cm³/mol. The summed E-state index contributed by atoms with van der Waals surface area (Å²) in [4.78, 5) is 25.1. The molecule has 2 aliphatic heterocycles. The van der Waals surface area contributed by atoms with Gasteiger partial charge in [-0.2, -0.15) is 0 Å². The van der Waals surface area contributed by atoms with Crippen LogP contribution >= 0.6 is 11.6 Å². The molecule has 1 aliphatic carbocycles. The van der Waals surface area contributed by atoms with Crippen LogP contribution in [0.3, 0.4) is 0 Å². The highest BCUT2D eigenvalue weighted by Gasteiger charge is 2.38. The molecule has 5 atom stereocenters. The first-order chi connectivity index (χ1) is 20.7. The van der Waals surface area contributed by atoms with Crippen molar-refractivity contribution in [2.45, 2.75) is 71.0 Å². The summed E-state index contributed by atoms with van der Waals surface area (Å²) in [6, 6.07) is 12.0. The standard InChI is InChI=1S/C31H39ClN2O4.C2H6.CH2O2/c1-3-5-20-14-24(32)9-11-25(20)23-18-34-17-22-7-10-26(22)28(35)6-4-13-33(2)31(37)16-29(36)21-8-12-30(38-19-23)27(34)15-21;1-2;2-1-3/h4,6,8-9,11-12,14-15,22-23,26,28-29,35-36H,3,5,7,10,13,16-19H2,1-2H3;1-2H3;1H,(H,2,3)/b6-4+;;. The van der Waals surface area contributed by atoms with E-state index < -0.39 is 12.2 Å². The van der Waals surface area contributed by atoms with Crippen LogP contribution in [0.2, 0.25) is 5.02 Å². The summed E-state index contributed by atoms with van der Waals surface area (Å²) in [6.45, 7) is 8.46. The van der Waals surface area contributed by atoms with Crippen LogP contribution in [-0.2, 0) is 16.0 Å². The number of likely N-dealkylation sites (N-methyl/N-ethyl adjacent to an activating group) is 1. The van der Waals surface area contributed by atoms with E-state index in [-0.39, 0.29) is 30.6 Å². The lowest BCUT2D eigenvalue weighted by Gasteiger charge is -2.42. The number of carbonyl (C=O) groups is 2. The SMILES string of the molecule is CC.CCCc1cc(Cl)ccc1C1COc2ccc3cc2N(C1)CC1CCC1C(O)/C=C/CN(C)C(=O)CC3O.O=CO. The van der Waals surface area contributed by atoms with E-state index in [4.69, 9.17) is 26.2 Å². The number of amides is 1. The summed E-state index contributed by atoms with van der Waals surface area (Å²) in [5.41, 5.74) is 4.19. The van der Waals surface area contributed by atoms with Gasteiger partial charge in [-0.05, 0) is 72.1 Å². The molecule has 1 fully saturated rings. The van der Waals surface area contributed by atoms with Gasteiger partial charge < -0.3 is 29.9 Å². The number of rotatable bonds is 3. The Morgan fingerprint density at radius 3 is 2.51 bits per heavy atom. The van der Waals surface area contributed by atoms with Gasteiger partial charge in [-0.1, -0.05) is 63.1 Å². The monoisotopic (exact) mass is 614 g/mol. The molecule has 1 amide bonds. The van der Waals surface area contributed by atoms with Crippen LogP contribution in [0.5, 0.6) is 5.75 Å². The molecular formula is C34H47ClN2O6. The van der Waals surface area contributed by atoms with Crippen LogP contribution in [0, 0.1) is 11.8 Å². The van der Waals surface area contributed by atoms with E-state index in [1.165, 1.54) is 11.1 Å². The molecule has 236 valence electrons. The number of benzene rings is 2. The zero-order valence-electron chi connectivity index (χ0n) is 25.8. The van der Waals surface area contributed by atoms with E-state index >= 15 is 0 Å². The number of aliphatic hydroxyl groups excluding tert-OH is 2. The maximum atomic E-state index is 12.8. The van der Waals surface area contributed by atoms with Gasteiger partial charge in [0.05, 0.1) is 30.9 Å². The Hall–Kier alpha value is -3.07. The molecule has 1 saturated carbocycles. The number of aryl methyl sites for hydroxylation is 1. The second-order valence-electron chi connectivity index (χ2n) is 11.3. The fraction of sp³-hybridized carbons (Fsp3) is 0.529. The van der Waals surface area contributed by atoms with Gasteiger partial charge in [-0.15, -0.1) is 0 Å². The van der Waals surface area contributed by atoms with Crippen LogP contribution in [0.25, 0.3) is 0 Å². The van der Waals surface area contributed by atoms with Gasteiger partial charge in [0.1, 0.15) is 5.75 Å². The zero-order chi connectivity index (χ0) is 31.5. The smallest absolute Gasteiger partial charge is 0.290 e. The quantitative estimate of drug-likeness (QED) is 0.294. The highest BCUT2D eigenvalue weighted by atomic mass is 35.5. The molecule has 0 radical (unpaired) electrons. The van der Waals surface area contributed by atoms with Crippen molar-refractivity contribution < 1.29 is 29.6 Å². The van der Waals surface area contributed by atoms with Gasteiger partial charge in [0.25, 0.3) is 6.47 Å². The Kier molecular flexibility index (Phi) is 13.4. The van der Waals surface area contributed by atoms with Gasteiger partial charge in [-0.25, -0.2) is 0 Å². The number of ether oxygens (including phenoxy) is 1. The van der Waals surface area contributed by atoms with Crippen molar-refractivity contribution in [1.29, 1.82) is 0 Å². The molecule has 5 rings (SSSR count). The number of hydrogen-bond donors (Lipinski definition) is 3. The Morgan fingerprint density at radius 1 is 1.09 bits per heavy atom. The van der Waals surface area contributed by atoms with Crippen molar-refractivity contribution >= 4 is 29.7 Å². The van der Waals surface area contributed by atoms with Gasteiger partial charge in [0.15, 0.2) is 0 Å². The number of halogens is 1. The Labute approximate surface area is 260 Å². The second-order valence-corrected chi connectivity index (χ2v) is 11.7. The first kappa shape index (κ1) is 34.4. The summed E-state index contributed by atoms with van der Waals surface area (Å²) in [7, 11) is 1.73. The first-order valence-corrected chi connectivity index (χ1v) is 15.8. The Balaban J connectivity index is 0.000000953. The number of anilines is 1. The maximum absolute atomic E-state index is 12.8. The molecule has 3 N–H and O–H groups in total. The minimum absolute atomic E-state index is 0.00552. The topological polar surface area (TPSA) is 111 Å². The number of carboxylic acid groups (broad SMARTS) is 1. The number of hydrogen-bond acceptors (Lipinski definition) is 6. The van der Waals surface area contributed by atoms with Crippen LogP contribution < -0.4 is 9.64 Å². The van der Waals surface area contributed by atoms with E-state index in [0.717, 1.165) is 55.2 Å². The van der Waals surface area contributed by atoms with Crippen molar-refractivity contribution in [2.24, 2.45) is 11.8 Å². The normalized spacial score (nSPS) is 25.8. The van der Waals surface area contributed by atoms with E-state index in [1.807, 2.05) is 50.3 Å². The van der Waals surface area contributed by atoms with Crippen molar-refractivity contribution in [3.63, 3.8) is 0 Å². The lowest BCUT2D eigenvalue weighted by Crippen LogP contribution is -2.44. The van der Waals surface area contributed by atoms with Crippen LogP contribution in [0.1, 0.15) is 75.2 Å². The van der Waals surface area contributed by atoms with Crippen molar-refractivity contribution in [1.82, 2.24) is 4.90 Å². The molecule has 0 spiro atoms. The average molecular weight is 615 g/mol. The fourth-order valence-corrected chi connectivity index (χ4v) is 6.33. The van der Waals surface area contributed by atoms with Crippen LogP contribution in [-0.4, -0.2) is 72.0 Å². The molecule has 0 saturated heterocycles. The summed E-state index contributed by atoms with van der Waals surface area (Å²) < 4.78 is 6.41. The lowest BCUT2D eigenvalue weighted by atomic mass is 9.70. The van der Waals surface area contributed by atoms with Gasteiger partial charge in [0, 0.05) is 37.6 Å². The average Bonchev–Trinajstić information content (AvgIpc) is 3.15. The summed E-state index contributed by atoms with van der Waals surface area (Å²) in [6.07, 6.45) is 6.32. The third-order valence-corrected chi connectivity index (χ3v) is 8.76. The highest BCUT2D eigenvalue weighted by molar-refractivity contribution is 6.30. The van der Waals surface area contributed by atoms with Crippen molar-refractivity contribution in [3.8, 4) is 5.75 Å². The Bertz CT molecular complexity index is 1240. The molecule has 0 aromatic heterocycles. The zero-order valence-corrected chi connectivity index (χ0v) is 26.5. The molecule has 5 unspecified atom stereocenters. The third kappa shape index (κ3) is 8.74. The lowest BCUT2D eigenvalue weighted by molar-refractivity contribution is -0.131. The second kappa shape index (κ2) is 16.7. The van der Waals surface area contributed by atoms with Crippen molar-refractivity contribution in [2.75, 3.05) is 38.2 Å². The Morgan fingerprint density at radius 2 is 1.84 bits per heavy atom. The van der Waals surface area contributed by atoms with E-state index in [9.17, 15) is 15.0 Å².